The van der Waals surface area contributed by atoms with Crippen LogP contribution in [-0.4, -0.2) is 37.2 Å². The van der Waals surface area contributed by atoms with Gasteiger partial charge in [-0.2, -0.15) is 0 Å². The van der Waals surface area contributed by atoms with Gasteiger partial charge in [-0.3, -0.25) is 4.90 Å². The Morgan fingerprint density at radius 1 is 1.17 bits per heavy atom. The van der Waals surface area contributed by atoms with E-state index in [-0.39, 0.29) is 0 Å². The van der Waals surface area contributed by atoms with E-state index in [0.717, 1.165) is 19.2 Å². The fraction of sp³-hybridized carbons (Fsp3) is 1.00. The molecular weight excluding hydrogens is 150 g/mol. The second-order valence-electron chi connectivity index (χ2n) is 2.69. The third-order valence-corrected chi connectivity index (χ3v) is 2.04. The van der Waals surface area contributed by atoms with Gasteiger partial charge in [0.05, 0.1) is 12.7 Å². The zero-order valence-electron chi connectivity index (χ0n) is 9.13. The van der Waals surface area contributed by atoms with Crippen LogP contribution >= 0.6 is 0 Å². The number of morpholine rings is 1. The molecule has 1 saturated carbocycles. The van der Waals surface area contributed by atoms with Crippen molar-refractivity contribution in [3.8, 4) is 0 Å². The van der Waals surface area contributed by atoms with E-state index in [0.29, 0.717) is 6.10 Å². The lowest BCUT2D eigenvalue weighted by atomic mass is 10.5. The Morgan fingerprint density at radius 3 is 2.17 bits per heavy atom. The lowest BCUT2D eigenvalue weighted by molar-refractivity contribution is 0.0424. The van der Waals surface area contributed by atoms with Crippen LogP contribution in [0, 0.1) is 0 Å². The van der Waals surface area contributed by atoms with E-state index < -0.39 is 0 Å². The van der Waals surface area contributed by atoms with Crippen molar-refractivity contribution in [2.75, 3.05) is 20.2 Å². The summed E-state index contributed by atoms with van der Waals surface area (Å²) >= 11 is 0. The molecule has 0 N–H and O–H groups in total. The van der Waals surface area contributed by atoms with Crippen molar-refractivity contribution in [1.82, 2.24) is 4.90 Å². The number of rotatable bonds is 0. The average molecular weight is 173 g/mol. The molecule has 12 heavy (non-hydrogen) atoms. The summed E-state index contributed by atoms with van der Waals surface area (Å²) in [4.78, 5) is 2.38. The second-order valence-corrected chi connectivity index (χ2v) is 2.69. The highest BCUT2D eigenvalue weighted by atomic mass is 16.5. The van der Waals surface area contributed by atoms with E-state index in [1.54, 1.807) is 0 Å². The van der Waals surface area contributed by atoms with E-state index in [9.17, 15) is 0 Å². The zero-order valence-corrected chi connectivity index (χ0v) is 9.13. The van der Waals surface area contributed by atoms with Gasteiger partial charge in [0.15, 0.2) is 0 Å². The fourth-order valence-corrected chi connectivity index (χ4v) is 1.32. The number of hydrogen-bond acceptors (Lipinski definition) is 2. The topological polar surface area (TPSA) is 12.5 Å². The van der Waals surface area contributed by atoms with Gasteiger partial charge in [0, 0.05) is 12.6 Å². The fourth-order valence-electron chi connectivity index (χ4n) is 1.32. The molecule has 2 rings (SSSR count). The Morgan fingerprint density at radius 2 is 1.75 bits per heavy atom. The summed E-state index contributed by atoms with van der Waals surface area (Å²) in [5.41, 5.74) is 0. The molecule has 2 heteroatoms. The van der Waals surface area contributed by atoms with E-state index in [4.69, 9.17) is 4.74 Å². The Kier molecular flexibility index (Phi) is 6.39. The van der Waals surface area contributed by atoms with Gasteiger partial charge in [0.2, 0.25) is 0 Å². The Bertz CT molecular complexity index is 106. The average Bonchev–Trinajstić information content (AvgIpc) is 2.92. The van der Waals surface area contributed by atoms with Gasteiger partial charge in [-0.25, -0.2) is 0 Å². The number of nitrogens with zero attached hydrogens (tertiary/aromatic N) is 1. The molecule has 0 bridgehead atoms. The smallest absolute Gasteiger partial charge is 0.0747 e. The standard InChI is InChI=1S/C6H11NO.2C2H6/c1-7-2-3-8-6-4-5(6)7;2*1-2/h5-6H,2-4H2,1H3;2*1-2H3. The first-order valence-electron chi connectivity index (χ1n) is 5.20. The van der Waals surface area contributed by atoms with Crippen LogP contribution in [0.3, 0.4) is 0 Å². The summed E-state index contributed by atoms with van der Waals surface area (Å²) in [6, 6.07) is 0.781. The maximum atomic E-state index is 5.38. The van der Waals surface area contributed by atoms with Crippen molar-refractivity contribution < 1.29 is 4.74 Å². The first-order valence-corrected chi connectivity index (χ1v) is 5.20. The minimum atomic E-state index is 0.605. The van der Waals surface area contributed by atoms with Crippen LogP contribution in [-0.2, 0) is 4.74 Å². The molecule has 74 valence electrons. The molecule has 1 aliphatic heterocycles. The largest absolute Gasteiger partial charge is 0.375 e. The summed E-state index contributed by atoms with van der Waals surface area (Å²) in [7, 11) is 2.17. The van der Waals surface area contributed by atoms with Gasteiger partial charge in [-0.05, 0) is 13.5 Å². The van der Waals surface area contributed by atoms with Crippen LogP contribution in [0.2, 0.25) is 0 Å². The molecular formula is C10H23NO. The normalized spacial score (nSPS) is 31.8. The van der Waals surface area contributed by atoms with Gasteiger partial charge in [-0.1, -0.05) is 27.7 Å². The van der Waals surface area contributed by atoms with E-state index in [1.807, 2.05) is 27.7 Å². The predicted octanol–water partition coefficient (Wildman–Crippen LogP) is 2.14. The lowest BCUT2D eigenvalue weighted by Gasteiger charge is -2.20. The maximum Gasteiger partial charge on any atom is 0.0747 e. The molecule has 2 fully saturated rings. The molecule has 1 aliphatic carbocycles. The molecule has 2 nitrogen and oxygen atoms in total. The molecule has 0 aromatic heterocycles. The van der Waals surface area contributed by atoms with Crippen LogP contribution in [0.5, 0.6) is 0 Å². The SMILES string of the molecule is CC.CC.CN1CCOC2CC21. The van der Waals surface area contributed by atoms with Crippen molar-refractivity contribution in [2.24, 2.45) is 0 Å². The first-order chi connectivity index (χ1) is 5.88. The van der Waals surface area contributed by atoms with Gasteiger partial charge in [-0.15, -0.1) is 0 Å². The number of hydrogen-bond donors (Lipinski definition) is 0. The highest BCUT2D eigenvalue weighted by Crippen LogP contribution is 2.32. The molecule has 0 radical (unpaired) electrons. The summed E-state index contributed by atoms with van der Waals surface area (Å²) in [6.45, 7) is 10.1. The maximum absolute atomic E-state index is 5.38. The molecule has 2 aliphatic rings. The quantitative estimate of drug-likeness (QED) is 0.556. The predicted molar refractivity (Wildman–Crippen MR) is 53.5 cm³/mol. The highest BCUT2D eigenvalue weighted by molar-refractivity contribution is 4.97. The summed E-state index contributed by atoms with van der Waals surface area (Å²) in [5.74, 6) is 0. The molecule has 1 saturated heterocycles. The Labute approximate surface area is 76.9 Å². The summed E-state index contributed by atoms with van der Waals surface area (Å²) in [6.07, 6.45) is 1.88. The first kappa shape index (κ1) is 11.9. The van der Waals surface area contributed by atoms with Crippen LogP contribution < -0.4 is 0 Å². The van der Waals surface area contributed by atoms with Gasteiger partial charge in [0.25, 0.3) is 0 Å². The monoisotopic (exact) mass is 173 g/mol. The van der Waals surface area contributed by atoms with Gasteiger partial charge in [0.1, 0.15) is 0 Å². The Balaban J connectivity index is 0.000000269. The van der Waals surface area contributed by atoms with Crippen molar-refractivity contribution in [2.45, 2.75) is 46.3 Å². The van der Waals surface area contributed by atoms with Crippen molar-refractivity contribution in [1.29, 1.82) is 0 Å². The van der Waals surface area contributed by atoms with E-state index >= 15 is 0 Å². The lowest BCUT2D eigenvalue weighted by Crippen LogP contribution is -2.32. The highest BCUT2D eigenvalue weighted by Gasteiger charge is 2.43. The number of ether oxygens (including phenoxy) is 1. The summed E-state index contributed by atoms with van der Waals surface area (Å²) in [5, 5.41) is 0. The summed E-state index contributed by atoms with van der Waals surface area (Å²) < 4.78 is 5.38. The van der Waals surface area contributed by atoms with E-state index in [1.165, 1.54) is 6.42 Å². The van der Waals surface area contributed by atoms with Crippen molar-refractivity contribution >= 4 is 0 Å². The second kappa shape index (κ2) is 6.44. The van der Waals surface area contributed by atoms with Gasteiger partial charge < -0.3 is 4.74 Å². The van der Waals surface area contributed by atoms with Crippen LogP contribution in [0.4, 0.5) is 0 Å². The minimum Gasteiger partial charge on any atom is -0.375 e. The number of likely N-dealkylation sites (N-methyl/N-ethyl adjacent to an activating group) is 1. The zero-order chi connectivity index (χ0) is 9.56. The molecule has 2 atom stereocenters. The van der Waals surface area contributed by atoms with Crippen LogP contribution in [0.25, 0.3) is 0 Å². The third-order valence-electron chi connectivity index (χ3n) is 2.04. The molecule has 0 spiro atoms. The van der Waals surface area contributed by atoms with Crippen molar-refractivity contribution in [3.63, 3.8) is 0 Å². The van der Waals surface area contributed by atoms with Crippen molar-refractivity contribution in [3.05, 3.63) is 0 Å². The molecule has 2 unspecified atom stereocenters. The Hall–Kier alpha value is -0.0800. The van der Waals surface area contributed by atoms with Gasteiger partial charge >= 0.3 is 0 Å². The van der Waals surface area contributed by atoms with Crippen LogP contribution in [0.1, 0.15) is 34.1 Å². The van der Waals surface area contributed by atoms with E-state index in [2.05, 4.69) is 11.9 Å². The third kappa shape index (κ3) is 3.11. The number of fused-ring (bicyclic) bond motifs is 1. The molecule has 0 aromatic carbocycles. The molecule has 0 aromatic rings. The molecule has 0 amide bonds. The van der Waals surface area contributed by atoms with Crippen LogP contribution in [0.15, 0.2) is 0 Å². The molecule has 1 heterocycles. The minimum absolute atomic E-state index is 0.605.